The summed E-state index contributed by atoms with van der Waals surface area (Å²) in [5, 5.41) is 20.0. The lowest BCUT2D eigenvalue weighted by atomic mass is 9.97. The molecule has 0 atom stereocenters. The maximum atomic E-state index is 14.1. The summed E-state index contributed by atoms with van der Waals surface area (Å²) in [7, 11) is 0. The number of carbonyl (C=O) groups is 2. The van der Waals surface area contributed by atoms with Crippen molar-refractivity contribution in [3.8, 4) is 16.9 Å². The topological polar surface area (TPSA) is 112 Å². The predicted octanol–water partition coefficient (Wildman–Crippen LogP) is 6.48. The largest absolute Gasteiger partial charge is 0.490 e. The molecule has 0 spiro atoms. The molecule has 1 aliphatic rings. The molecule has 0 unspecified atom stereocenters. The average molecular weight is 635 g/mol. The Morgan fingerprint density at radius 2 is 1.64 bits per heavy atom. The van der Waals surface area contributed by atoms with Crippen LogP contribution >= 0.6 is 0 Å². The summed E-state index contributed by atoms with van der Waals surface area (Å²) in [6.07, 6.45) is -1.62. The zero-order valence-electron chi connectivity index (χ0n) is 23.9. The van der Waals surface area contributed by atoms with Gasteiger partial charge in [-0.2, -0.15) is 13.2 Å². The molecular formula is C32H31F5N2O6. The molecule has 45 heavy (non-hydrogen) atoms. The molecule has 2 heterocycles. The van der Waals surface area contributed by atoms with Crippen LogP contribution < -0.4 is 10.1 Å². The first-order chi connectivity index (χ1) is 21.4. The fraction of sp³-hybridized carbons (Fsp3) is 0.312. The zero-order valence-corrected chi connectivity index (χ0v) is 23.9. The maximum Gasteiger partial charge on any atom is 0.490 e. The smallest absolute Gasteiger partial charge is 0.489 e. The lowest BCUT2D eigenvalue weighted by molar-refractivity contribution is -0.192. The Labute approximate surface area is 255 Å². The van der Waals surface area contributed by atoms with Crippen molar-refractivity contribution >= 4 is 22.9 Å². The van der Waals surface area contributed by atoms with Crippen molar-refractivity contribution < 1.29 is 50.9 Å². The average Bonchev–Trinajstić information content (AvgIpc) is 3.49. The Morgan fingerprint density at radius 3 is 2.29 bits per heavy atom. The summed E-state index contributed by atoms with van der Waals surface area (Å²) < 4.78 is 71.2. The molecule has 5 rings (SSSR count). The first-order valence-corrected chi connectivity index (χ1v) is 14.0. The summed E-state index contributed by atoms with van der Waals surface area (Å²) in [5.41, 5.74) is 3.47. The molecule has 1 aliphatic heterocycles. The van der Waals surface area contributed by atoms with Crippen LogP contribution in [0.2, 0.25) is 0 Å². The van der Waals surface area contributed by atoms with Gasteiger partial charge in [-0.3, -0.25) is 9.69 Å². The van der Waals surface area contributed by atoms with Crippen LogP contribution in [0.25, 0.3) is 22.1 Å². The molecule has 0 amide bonds. The minimum Gasteiger partial charge on any atom is -0.489 e. The van der Waals surface area contributed by atoms with E-state index < -0.39 is 29.7 Å². The van der Waals surface area contributed by atoms with Gasteiger partial charge < -0.3 is 24.7 Å². The van der Waals surface area contributed by atoms with Gasteiger partial charge in [0.2, 0.25) is 0 Å². The first-order valence-electron chi connectivity index (χ1n) is 14.0. The van der Waals surface area contributed by atoms with Gasteiger partial charge in [0, 0.05) is 18.7 Å². The van der Waals surface area contributed by atoms with Gasteiger partial charge in [-0.1, -0.05) is 36.4 Å². The van der Waals surface area contributed by atoms with E-state index in [0.717, 1.165) is 49.7 Å². The highest BCUT2D eigenvalue weighted by molar-refractivity contribution is 5.93. The molecule has 240 valence electrons. The number of alkyl halides is 3. The highest BCUT2D eigenvalue weighted by atomic mass is 19.4. The molecule has 0 aliphatic carbocycles. The molecule has 0 saturated carbocycles. The van der Waals surface area contributed by atoms with Crippen molar-refractivity contribution in [3.63, 3.8) is 0 Å². The number of fused-ring (bicyclic) bond motifs is 1. The SMILES string of the molecule is O=C(O)C(F)(F)F.O=C(O)CN(Cc1cccc(COc2ccc(-c3cc(F)c(F)c4ccoc34)cc2)c1)CC1CCNCC1. The van der Waals surface area contributed by atoms with Gasteiger partial charge in [-0.15, -0.1) is 0 Å². The second-order valence-corrected chi connectivity index (χ2v) is 10.6. The highest BCUT2D eigenvalue weighted by Gasteiger charge is 2.38. The monoisotopic (exact) mass is 634 g/mol. The summed E-state index contributed by atoms with van der Waals surface area (Å²) in [6, 6.07) is 17.7. The number of benzene rings is 3. The van der Waals surface area contributed by atoms with Crippen LogP contribution in [-0.4, -0.2) is 59.4 Å². The number of piperidine rings is 1. The van der Waals surface area contributed by atoms with E-state index in [2.05, 4.69) is 5.32 Å². The number of ether oxygens (including phenoxy) is 1. The van der Waals surface area contributed by atoms with Crippen LogP contribution in [0.4, 0.5) is 22.0 Å². The number of furan rings is 1. The third-order valence-electron chi connectivity index (χ3n) is 7.17. The number of carboxylic acid groups (broad SMARTS) is 2. The second kappa shape index (κ2) is 15.0. The Morgan fingerprint density at radius 1 is 0.978 bits per heavy atom. The van der Waals surface area contributed by atoms with Gasteiger partial charge in [-0.05, 0) is 72.8 Å². The Balaban J connectivity index is 0.000000591. The number of aliphatic carboxylic acids is 2. The van der Waals surface area contributed by atoms with E-state index in [-0.39, 0.29) is 11.9 Å². The van der Waals surface area contributed by atoms with Crippen LogP contribution in [0, 0.1) is 17.6 Å². The summed E-state index contributed by atoms with van der Waals surface area (Å²) in [6.45, 7) is 3.64. The molecule has 13 heteroatoms. The molecule has 3 aromatic carbocycles. The van der Waals surface area contributed by atoms with Crippen molar-refractivity contribution in [1.29, 1.82) is 0 Å². The van der Waals surface area contributed by atoms with Gasteiger partial charge >= 0.3 is 18.1 Å². The number of nitrogens with one attached hydrogen (secondary N) is 1. The fourth-order valence-electron chi connectivity index (χ4n) is 5.07. The molecule has 8 nitrogen and oxygen atoms in total. The third-order valence-corrected chi connectivity index (χ3v) is 7.17. The molecule has 3 N–H and O–H groups in total. The number of halogens is 5. The molecule has 1 fully saturated rings. The van der Waals surface area contributed by atoms with Gasteiger partial charge in [-0.25, -0.2) is 13.6 Å². The van der Waals surface area contributed by atoms with E-state index in [9.17, 15) is 31.9 Å². The molecule has 1 aromatic heterocycles. The standard InChI is InChI=1S/C30H30F2N2O4.C2HF3O2/c31-27-15-26(30-25(29(27)32)10-13-37-30)23-4-6-24(7-5-23)38-19-22-3-1-2-21(14-22)17-34(18-28(35)36)16-20-8-11-33-12-9-20;3-2(4,5)1(6)7/h1-7,10,13-15,20,33H,8-9,11-12,16-19H2,(H,35,36);(H,6,7). The predicted molar refractivity (Wildman–Crippen MR) is 155 cm³/mol. The van der Waals surface area contributed by atoms with Crippen molar-refractivity contribution in [2.24, 2.45) is 5.92 Å². The zero-order chi connectivity index (χ0) is 32.6. The van der Waals surface area contributed by atoms with E-state index >= 15 is 0 Å². The van der Waals surface area contributed by atoms with Crippen LogP contribution in [0.15, 0.2) is 71.3 Å². The van der Waals surface area contributed by atoms with E-state index in [1.807, 2.05) is 29.2 Å². The maximum absolute atomic E-state index is 14.1. The van der Waals surface area contributed by atoms with E-state index in [1.54, 1.807) is 24.3 Å². The van der Waals surface area contributed by atoms with Crippen molar-refractivity contribution in [2.75, 3.05) is 26.2 Å². The number of rotatable bonds is 10. The number of hydrogen-bond donors (Lipinski definition) is 3. The quantitative estimate of drug-likeness (QED) is 0.170. The summed E-state index contributed by atoms with van der Waals surface area (Å²) >= 11 is 0. The first kappa shape index (κ1) is 33.4. The van der Waals surface area contributed by atoms with Crippen LogP contribution in [-0.2, 0) is 22.7 Å². The van der Waals surface area contributed by atoms with Crippen molar-refractivity contribution in [2.45, 2.75) is 32.2 Å². The van der Waals surface area contributed by atoms with Crippen molar-refractivity contribution in [3.05, 3.63) is 89.7 Å². The number of carboxylic acids is 2. The van der Waals surface area contributed by atoms with E-state index in [1.165, 1.54) is 12.3 Å². The van der Waals surface area contributed by atoms with Crippen LogP contribution in [0.5, 0.6) is 5.75 Å². The van der Waals surface area contributed by atoms with Crippen molar-refractivity contribution in [1.82, 2.24) is 10.2 Å². The van der Waals surface area contributed by atoms with Gasteiger partial charge in [0.15, 0.2) is 11.6 Å². The van der Waals surface area contributed by atoms with Gasteiger partial charge in [0.1, 0.15) is 17.9 Å². The summed E-state index contributed by atoms with van der Waals surface area (Å²) in [5.74, 6) is -4.29. The minimum absolute atomic E-state index is 0.0132. The third kappa shape index (κ3) is 9.50. The second-order valence-electron chi connectivity index (χ2n) is 10.6. The van der Waals surface area contributed by atoms with E-state index in [4.69, 9.17) is 19.1 Å². The van der Waals surface area contributed by atoms with Gasteiger partial charge in [0.25, 0.3) is 0 Å². The Hall–Kier alpha value is -4.49. The Bertz CT molecular complexity index is 1600. The molecule has 4 aromatic rings. The highest BCUT2D eigenvalue weighted by Crippen LogP contribution is 2.33. The number of hydrogen-bond acceptors (Lipinski definition) is 6. The molecule has 1 saturated heterocycles. The number of nitrogens with zero attached hydrogens (tertiary/aromatic N) is 1. The van der Waals surface area contributed by atoms with Gasteiger partial charge in [0.05, 0.1) is 18.2 Å². The lowest BCUT2D eigenvalue weighted by Gasteiger charge is -2.29. The summed E-state index contributed by atoms with van der Waals surface area (Å²) in [4.78, 5) is 22.4. The van der Waals surface area contributed by atoms with Crippen LogP contribution in [0.3, 0.4) is 0 Å². The minimum atomic E-state index is -5.08. The lowest BCUT2D eigenvalue weighted by Crippen LogP contribution is -2.38. The fourth-order valence-corrected chi connectivity index (χ4v) is 5.07. The van der Waals surface area contributed by atoms with Crippen LogP contribution in [0.1, 0.15) is 24.0 Å². The van der Waals surface area contributed by atoms with E-state index in [0.29, 0.717) is 41.5 Å². The Kier molecular flexibility index (Phi) is 11.1. The normalized spacial score (nSPS) is 13.8. The molecule has 0 bridgehead atoms. The molecule has 0 radical (unpaired) electrons. The molecular weight excluding hydrogens is 603 g/mol.